The van der Waals surface area contributed by atoms with Crippen LogP contribution in [0.2, 0.25) is 5.02 Å². The average Bonchev–Trinajstić information content (AvgIpc) is 2.92. The largest absolute Gasteiger partial charge is 0.360 e. The molecule has 0 aliphatic rings. The number of benzene rings is 2. The summed E-state index contributed by atoms with van der Waals surface area (Å²) in [6, 6.07) is 6.92. The Morgan fingerprint density at radius 3 is 2.56 bits per heavy atom. The molecular formula is C17H10ClF3N2O2. The smallest absolute Gasteiger partial charge is 0.261 e. The topological polar surface area (TPSA) is 55.1 Å². The molecule has 25 heavy (non-hydrogen) atoms. The Balaban J connectivity index is 2.02. The fourth-order valence-corrected chi connectivity index (χ4v) is 2.55. The Kier molecular flexibility index (Phi) is 4.50. The number of carbonyl (C=O) groups is 1. The van der Waals surface area contributed by atoms with Crippen LogP contribution >= 0.6 is 11.6 Å². The lowest BCUT2D eigenvalue weighted by Gasteiger charge is -2.07. The van der Waals surface area contributed by atoms with Gasteiger partial charge in [-0.05, 0) is 31.2 Å². The van der Waals surface area contributed by atoms with Gasteiger partial charge in [0.1, 0.15) is 22.8 Å². The molecule has 0 saturated heterocycles. The van der Waals surface area contributed by atoms with Gasteiger partial charge in [-0.2, -0.15) is 0 Å². The van der Waals surface area contributed by atoms with Gasteiger partial charge in [-0.25, -0.2) is 13.2 Å². The van der Waals surface area contributed by atoms with E-state index in [0.717, 1.165) is 12.1 Å². The zero-order valence-electron chi connectivity index (χ0n) is 12.7. The molecule has 0 atom stereocenters. The number of aromatic nitrogens is 1. The SMILES string of the molecule is Cc1onc(-c2c(F)cccc2Cl)c1C(=O)Nc1ccc(F)c(F)c1. The van der Waals surface area contributed by atoms with Gasteiger partial charge in [0.2, 0.25) is 0 Å². The van der Waals surface area contributed by atoms with Gasteiger partial charge in [0.15, 0.2) is 11.6 Å². The van der Waals surface area contributed by atoms with E-state index in [2.05, 4.69) is 10.5 Å². The third-order valence-corrected chi connectivity index (χ3v) is 3.78. The summed E-state index contributed by atoms with van der Waals surface area (Å²) in [6.07, 6.45) is 0. The van der Waals surface area contributed by atoms with Gasteiger partial charge >= 0.3 is 0 Å². The number of anilines is 1. The molecule has 0 radical (unpaired) electrons. The van der Waals surface area contributed by atoms with Crippen LogP contribution in [-0.2, 0) is 0 Å². The summed E-state index contributed by atoms with van der Waals surface area (Å²) < 4.78 is 45.4. The average molecular weight is 367 g/mol. The first-order chi connectivity index (χ1) is 11.9. The maximum atomic E-state index is 14.1. The van der Waals surface area contributed by atoms with Gasteiger partial charge < -0.3 is 9.84 Å². The lowest BCUT2D eigenvalue weighted by atomic mass is 10.0. The van der Waals surface area contributed by atoms with Crippen molar-refractivity contribution in [1.29, 1.82) is 0 Å². The molecule has 0 fully saturated rings. The molecule has 3 aromatic rings. The minimum Gasteiger partial charge on any atom is -0.360 e. The highest BCUT2D eigenvalue weighted by atomic mass is 35.5. The van der Waals surface area contributed by atoms with Crippen molar-refractivity contribution >= 4 is 23.2 Å². The highest BCUT2D eigenvalue weighted by Gasteiger charge is 2.25. The zero-order valence-corrected chi connectivity index (χ0v) is 13.5. The van der Waals surface area contributed by atoms with Gasteiger partial charge in [0.05, 0.1) is 10.6 Å². The van der Waals surface area contributed by atoms with Crippen molar-refractivity contribution in [3.8, 4) is 11.3 Å². The van der Waals surface area contributed by atoms with Crippen LogP contribution in [0.4, 0.5) is 18.9 Å². The number of nitrogens with one attached hydrogen (secondary N) is 1. The van der Waals surface area contributed by atoms with Crippen molar-refractivity contribution in [2.45, 2.75) is 6.92 Å². The number of hydrogen-bond donors (Lipinski definition) is 1. The van der Waals surface area contributed by atoms with Crippen LogP contribution in [0.25, 0.3) is 11.3 Å². The highest BCUT2D eigenvalue weighted by Crippen LogP contribution is 2.33. The Bertz CT molecular complexity index is 952. The van der Waals surface area contributed by atoms with Crippen molar-refractivity contribution in [2.24, 2.45) is 0 Å². The molecule has 4 nitrogen and oxygen atoms in total. The van der Waals surface area contributed by atoms with Gasteiger partial charge in [-0.1, -0.05) is 22.8 Å². The summed E-state index contributed by atoms with van der Waals surface area (Å²) in [5, 5.41) is 6.15. The third kappa shape index (κ3) is 3.23. The van der Waals surface area contributed by atoms with Crippen molar-refractivity contribution in [3.63, 3.8) is 0 Å². The second-order valence-electron chi connectivity index (χ2n) is 5.14. The number of amides is 1. The van der Waals surface area contributed by atoms with Crippen molar-refractivity contribution in [1.82, 2.24) is 5.16 Å². The van der Waals surface area contributed by atoms with Gasteiger partial charge in [-0.3, -0.25) is 4.79 Å². The number of aryl methyl sites for hydroxylation is 1. The summed E-state index contributed by atoms with van der Waals surface area (Å²) in [5.41, 5.74) is -0.205. The molecule has 8 heteroatoms. The predicted octanol–water partition coefficient (Wildman–Crippen LogP) is 4.97. The Morgan fingerprint density at radius 1 is 1.12 bits per heavy atom. The second-order valence-corrected chi connectivity index (χ2v) is 5.55. The van der Waals surface area contributed by atoms with Gasteiger partial charge in [0.25, 0.3) is 5.91 Å². The van der Waals surface area contributed by atoms with E-state index in [-0.39, 0.29) is 33.3 Å². The molecule has 0 unspecified atom stereocenters. The van der Waals surface area contributed by atoms with Crippen molar-refractivity contribution < 1.29 is 22.5 Å². The molecular weight excluding hydrogens is 357 g/mol. The van der Waals surface area contributed by atoms with Crippen molar-refractivity contribution in [3.05, 3.63) is 70.2 Å². The Morgan fingerprint density at radius 2 is 1.88 bits per heavy atom. The molecule has 1 aromatic heterocycles. The molecule has 1 amide bonds. The standard InChI is InChI=1S/C17H10ClF3N2O2/c1-8-14(17(24)22-9-5-6-11(19)13(21)7-9)16(23-25-8)15-10(18)3-2-4-12(15)20/h2-7H,1H3,(H,22,24). The van der Waals surface area contributed by atoms with E-state index in [4.69, 9.17) is 16.1 Å². The molecule has 0 bridgehead atoms. The predicted molar refractivity (Wildman–Crippen MR) is 86.0 cm³/mol. The van der Waals surface area contributed by atoms with E-state index < -0.39 is 23.4 Å². The molecule has 2 aromatic carbocycles. The molecule has 1 N–H and O–H groups in total. The van der Waals surface area contributed by atoms with E-state index in [1.165, 1.54) is 31.2 Å². The first-order valence-corrected chi connectivity index (χ1v) is 7.43. The van der Waals surface area contributed by atoms with Crippen LogP contribution in [0, 0.1) is 24.4 Å². The van der Waals surface area contributed by atoms with Crippen LogP contribution in [0.1, 0.15) is 16.1 Å². The van der Waals surface area contributed by atoms with E-state index in [1.807, 2.05) is 0 Å². The number of rotatable bonds is 3. The van der Waals surface area contributed by atoms with Crippen LogP contribution in [0.15, 0.2) is 40.9 Å². The lowest BCUT2D eigenvalue weighted by molar-refractivity contribution is 0.102. The Labute approximate surface area is 145 Å². The summed E-state index contributed by atoms with van der Waals surface area (Å²) in [6.45, 7) is 1.46. The minimum atomic E-state index is -1.11. The van der Waals surface area contributed by atoms with Crippen LogP contribution in [0.3, 0.4) is 0 Å². The first kappa shape index (κ1) is 17.0. The molecule has 0 aliphatic heterocycles. The summed E-state index contributed by atoms with van der Waals surface area (Å²) >= 11 is 6.00. The molecule has 1 heterocycles. The number of hydrogen-bond acceptors (Lipinski definition) is 3. The van der Waals surface area contributed by atoms with Crippen molar-refractivity contribution in [2.75, 3.05) is 5.32 Å². The normalized spacial score (nSPS) is 10.8. The van der Waals surface area contributed by atoms with E-state index >= 15 is 0 Å². The number of halogens is 4. The fraction of sp³-hybridized carbons (Fsp3) is 0.0588. The third-order valence-electron chi connectivity index (χ3n) is 3.47. The summed E-state index contributed by atoms with van der Waals surface area (Å²) in [7, 11) is 0. The quantitative estimate of drug-likeness (QED) is 0.711. The Hall–Kier alpha value is -2.80. The first-order valence-electron chi connectivity index (χ1n) is 7.05. The van der Waals surface area contributed by atoms with Crippen LogP contribution in [-0.4, -0.2) is 11.1 Å². The molecule has 0 spiro atoms. The van der Waals surface area contributed by atoms with Crippen LogP contribution in [0.5, 0.6) is 0 Å². The minimum absolute atomic E-state index is 0.0232. The maximum Gasteiger partial charge on any atom is 0.261 e. The summed E-state index contributed by atoms with van der Waals surface area (Å²) in [4.78, 5) is 12.5. The molecule has 0 saturated carbocycles. The van der Waals surface area contributed by atoms with Gasteiger partial charge in [-0.15, -0.1) is 0 Å². The monoisotopic (exact) mass is 366 g/mol. The molecule has 128 valence electrons. The van der Waals surface area contributed by atoms with Crippen LogP contribution < -0.4 is 5.32 Å². The van der Waals surface area contributed by atoms with Gasteiger partial charge in [0, 0.05) is 11.8 Å². The number of carbonyl (C=O) groups excluding carboxylic acids is 1. The molecule has 3 rings (SSSR count). The summed E-state index contributed by atoms with van der Waals surface area (Å²) in [5.74, 6) is -3.44. The maximum absolute atomic E-state index is 14.1. The fourth-order valence-electron chi connectivity index (χ4n) is 2.30. The lowest BCUT2D eigenvalue weighted by Crippen LogP contribution is -2.14. The highest BCUT2D eigenvalue weighted by molar-refractivity contribution is 6.33. The number of nitrogens with zero attached hydrogens (tertiary/aromatic N) is 1. The van der Waals surface area contributed by atoms with E-state index in [1.54, 1.807) is 0 Å². The van der Waals surface area contributed by atoms with E-state index in [9.17, 15) is 18.0 Å². The second kappa shape index (κ2) is 6.60. The zero-order chi connectivity index (χ0) is 18.1. The van der Waals surface area contributed by atoms with E-state index in [0.29, 0.717) is 0 Å². The molecule has 0 aliphatic carbocycles.